The van der Waals surface area contributed by atoms with Crippen LogP contribution in [0.2, 0.25) is 0 Å². The van der Waals surface area contributed by atoms with Gasteiger partial charge in [0.25, 0.3) is 0 Å². The number of anilines is 2. The van der Waals surface area contributed by atoms with Crippen molar-refractivity contribution in [1.29, 1.82) is 0 Å². The van der Waals surface area contributed by atoms with Crippen molar-refractivity contribution in [3.63, 3.8) is 0 Å². The molecule has 0 fully saturated rings. The molecule has 66 valence electrons. The van der Waals surface area contributed by atoms with E-state index < -0.39 is 0 Å². The van der Waals surface area contributed by atoms with E-state index in [1.165, 1.54) is 0 Å². The standard InChI is InChI=1S/C8H9N5/c9-6-2-1-5(3-7(6)10)8-4-11-13-12-8/h1-4H,9-10H2,(H,11,12,13). The Kier molecular flexibility index (Phi) is 1.63. The Morgan fingerprint density at radius 3 is 2.62 bits per heavy atom. The van der Waals surface area contributed by atoms with Crippen LogP contribution in [0.25, 0.3) is 11.3 Å². The molecular formula is C8H9N5. The monoisotopic (exact) mass is 175 g/mol. The third-order valence-corrected chi connectivity index (χ3v) is 1.80. The second kappa shape index (κ2) is 2.78. The highest BCUT2D eigenvalue weighted by Gasteiger charge is 2.02. The molecule has 5 heteroatoms. The van der Waals surface area contributed by atoms with Gasteiger partial charge in [-0.3, -0.25) is 0 Å². The van der Waals surface area contributed by atoms with Gasteiger partial charge in [0.2, 0.25) is 0 Å². The van der Waals surface area contributed by atoms with Gasteiger partial charge in [0.05, 0.1) is 17.6 Å². The van der Waals surface area contributed by atoms with Crippen molar-refractivity contribution in [1.82, 2.24) is 15.4 Å². The first-order valence-electron chi connectivity index (χ1n) is 3.78. The first-order valence-corrected chi connectivity index (χ1v) is 3.78. The highest BCUT2D eigenvalue weighted by molar-refractivity contribution is 5.72. The van der Waals surface area contributed by atoms with Gasteiger partial charge in [-0.15, -0.1) is 0 Å². The predicted octanol–water partition coefficient (Wildman–Crippen LogP) is 0.636. The highest BCUT2D eigenvalue weighted by Crippen LogP contribution is 2.22. The van der Waals surface area contributed by atoms with Crippen molar-refractivity contribution in [3.05, 3.63) is 24.4 Å². The molecule has 0 atom stereocenters. The first kappa shape index (κ1) is 7.60. The molecule has 0 spiro atoms. The average molecular weight is 175 g/mol. The normalized spacial score (nSPS) is 10.2. The van der Waals surface area contributed by atoms with Crippen molar-refractivity contribution in [2.24, 2.45) is 0 Å². The van der Waals surface area contributed by atoms with Gasteiger partial charge in [0, 0.05) is 5.56 Å². The van der Waals surface area contributed by atoms with Crippen molar-refractivity contribution in [2.45, 2.75) is 0 Å². The number of nitrogens with one attached hydrogen (secondary N) is 1. The molecule has 1 aromatic carbocycles. The maximum absolute atomic E-state index is 5.64. The molecule has 0 bridgehead atoms. The van der Waals surface area contributed by atoms with E-state index in [-0.39, 0.29) is 0 Å². The summed E-state index contributed by atoms with van der Waals surface area (Å²) in [5.74, 6) is 0. The molecule has 0 saturated heterocycles. The largest absolute Gasteiger partial charge is 0.397 e. The molecule has 5 nitrogen and oxygen atoms in total. The van der Waals surface area contributed by atoms with Crippen LogP contribution in [0.5, 0.6) is 0 Å². The molecule has 0 amide bonds. The highest BCUT2D eigenvalue weighted by atomic mass is 15.3. The lowest BCUT2D eigenvalue weighted by atomic mass is 10.1. The molecule has 0 radical (unpaired) electrons. The fourth-order valence-corrected chi connectivity index (χ4v) is 1.07. The summed E-state index contributed by atoms with van der Waals surface area (Å²) in [6.45, 7) is 0. The van der Waals surface area contributed by atoms with Crippen molar-refractivity contribution in [2.75, 3.05) is 11.5 Å². The number of aromatic nitrogens is 3. The molecule has 0 aliphatic carbocycles. The lowest BCUT2D eigenvalue weighted by molar-refractivity contribution is 0.942. The summed E-state index contributed by atoms with van der Waals surface area (Å²) >= 11 is 0. The first-order chi connectivity index (χ1) is 6.27. The second-order valence-electron chi connectivity index (χ2n) is 2.70. The van der Waals surface area contributed by atoms with E-state index in [0.717, 1.165) is 11.3 Å². The zero-order valence-corrected chi connectivity index (χ0v) is 6.86. The van der Waals surface area contributed by atoms with Gasteiger partial charge < -0.3 is 11.5 Å². The smallest absolute Gasteiger partial charge is 0.112 e. The van der Waals surface area contributed by atoms with Crippen molar-refractivity contribution < 1.29 is 0 Å². The Balaban J connectivity index is 2.49. The Labute approximate surface area is 74.8 Å². The van der Waals surface area contributed by atoms with Crippen molar-refractivity contribution >= 4 is 11.4 Å². The van der Waals surface area contributed by atoms with E-state index in [2.05, 4.69) is 15.4 Å². The molecular weight excluding hydrogens is 166 g/mol. The van der Waals surface area contributed by atoms with Gasteiger partial charge in [0.1, 0.15) is 5.69 Å². The van der Waals surface area contributed by atoms with Crippen LogP contribution in [0, 0.1) is 0 Å². The van der Waals surface area contributed by atoms with Crippen LogP contribution < -0.4 is 11.5 Å². The lowest BCUT2D eigenvalue weighted by Crippen LogP contribution is -1.94. The van der Waals surface area contributed by atoms with Gasteiger partial charge in [0.15, 0.2) is 0 Å². The third kappa shape index (κ3) is 1.31. The Morgan fingerprint density at radius 1 is 1.15 bits per heavy atom. The van der Waals surface area contributed by atoms with Crippen LogP contribution in [0.1, 0.15) is 0 Å². The molecule has 5 N–H and O–H groups in total. The summed E-state index contributed by atoms with van der Waals surface area (Å²) in [4.78, 5) is 0. The van der Waals surface area contributed by atoms with E-state index >= 15 is 0 Å². The minimum Gasteiger partial charge on any atom is -0.397 e. The minimum absolute atomic E-state index is 0.556. The summed E-state index contributed by atoms with van der Waals surface area (Å²) in [5, 5.41) is 10.2. The van der Waals surface area contributed by atoms with E-state index in [0.29, 0.717) is 11.4 Å². The van der Waals surface area contributed by atoms with E-state index in [1.54, 1.807) is 18.3 Å². The maximum Gasteiger partial charge on any atom is 0.112 e. The number of nitrogen functional groups attached to an aromatic ring is 2. The second-order valence-corrected chi connectivity index (χ2v) is 2.70. The number of rotatable bonds is 1. The van der Waals surface area contributed by atoms with Crippen LogP contribution in [-0.4, -0.2) is 15.4 Å². The fourth-order valence-electron chi connectivity index (χ4n) is 1.07. The van der Waals surface area contributed by atoms with Gasteiger partial charge in [-0.2, -0.15) is 15.4 Å². The summed E-state index contributed by atoms with van der Waals surface area (Å²) < 4.78 is 0. The van der Waals surface area contributed by atoms with Crippen LogP contribution in [0.3, 0.4) is 0 Å². The summed E-state index contributed by atoms with van der Waals surface area (Å²) in [5.41, 5.74) is 14.0. The predicted molar refractivity (Wildman–Crippen MR) is 50.6 cm³/mol. The number of H-pyrrole nitrogens is 1. The zero-order chi connectivity index (χ0) is 9.26. The molecule has 2 rings (SSSR count). The Bertz CT molecular complexity index is 406. The van der Waals surface area contributed by atoms with Crippen molar-refractivity contribution in [3.8, 4) is 11.3 Å². The summed E-state index contributed by atoms with van der Waals surface area (Å²) in [7, 11) is 0. The summed E-state index contributed by atoms with van der Waals surface area (Å²) in [6, 6.07) is 5.37. The number of nitrogens with zero attached hydrogens (tertiary/aromatic N) is 2. The number of nitrogens with two attached hydrogens (primary N) is 2. The Hall–Kier alpha value is -2.04. The minimum atomic E-state index is 0.556. The molecule has 0 aliphatic rings. The molecule has 1 heterocycles. The van der Waals surface area contributed by atoms with Gasteiger partial charge >= 0.3 is 0 Å². The van der Waals surface area contributed by atoms with Crippen LogP contribution >= 0.6 is 0 Å². The quantitative estimate of drug-likeness (QED) is 0.554. The van der Waals surface area contributed by atoms with Gasteiger partial charge in [-0.25, -0.2) is 0 Å². The fraction of sp³-hybridized carbons (Fsp3) is 0. The number of hydrogen-bond acceptors (Lipinski definition) is 4. The van der Waals surface area contributed by atoms with Gasteiger partial charge in [-0.05, 0) is 12.1 Å². The topological polar surface area (TPSA) is 93.6 Å². The number of aromatic amines is 1. The molecule has 0 unspecified atom stereocenters. The number of benzene rings is 1. The van der Waals surface area contributed by atoms with E-state index in [9.17, 15) is 0 Å². The zero-order valence-electron chi connectivity index (χ0n) is 6.86. The molecule has 0 aliphatic heterocycles. The molecule has 0 saturated carbocycles. The SMILES string of the molecule is Nc1ccc(-c2cn[nH]n2)cc1N. The summed E-state index contributed by atoms with van der Waals surface area (Å²) in [6.07, 6.45) is 1.63. The maximum atomic E-state index is 5.64. The number of hydrogen-bond donors (Lipinski definition) is 3. The van der Waals surface area contributed by atoms with E-state index in [1.807, 2.05) is 6.07 Å². The molecule has 2 aromatic rings. The van der Waals surface area contributed by atoms with Crippen LogP contribution in [0.15, 0.2) is 24.4 Å². The molecule has 13 heavy (non-hydrogen) atoms. The molecule has 1 aromatic heterocycles. The van der Waals surface area contributed by atoms with Gasteiger partial charge in [-0.1, -0.05) is 6.07 Å². The Morgan fingerprint density at radius 2 is 2.00 bits per heavy atom. The van der Waals surface area contributed by atoms with Crippen LogP contribution in [0.4, 0.5) is 11.4 Å². The lowest BCUT2D eigenvalue weighted by Gasteiger charge is -2.01. The van der Waals surface area contributed by atoms with Crippen LogP contribution in [-0.2, 0) is 0 Å². The average Bonchev–Trinajstić information content (AvgIpc) is 2.62. The third-order valence-electron chi connectivity index (χ3n) is 1.80. The van der Waals surface area contributed by atoms with E-state index in [4.69, 9.17) is 11.5 Å².